The van der Waals surface area contributed by atoms with Crippen molar-refractivity contribution >= 4 is 15.9 Å². The molecule has 0 aliphatic rings. The zero-order valence-electron chi connectivity index (χ0n) is 14.9. The Morgan fingerprint density at radius 3 is 2.48 bits per heavy atom. The summed E-state index contributed by atoms with van der Waals surface area (Å²) in [6.07, 6.45) is 3.80. The number of unbranched alkanes of at least 4 members (excludes halogenated alkanes) is 3. The number of rotatable bonds is 11. The van der Waals surface area contributed by atoms with Gasteiger partial charge >= 0.3 is 0 Å². The van der Waals surface area contributed by atoms with E-state index >= 15 is 0 Å². The molecule has 25 heavy (non-hydrogen) atoms. The lowest BCUT2D eigenvalue weighted by atomic mass is 10.1. The van der Waals surface area contributed by atoms with Gasteiger partial charge in [0.2, 0.25) is 15.9 Å². The van der Waals surface area contributed by atoms with Crippen LogP contribution in [-0.2, 0) is 14.8 Å². The number of carbonyl (C=O) groups excluding carboxylic acids is 1. The van der Waals surface area contributed by atoms with Crippen molar-refractivity contribution < 1.29 is 13.2 Å². The summed E-state index contributed by atoms with van der Waals surface area (Å²) in [6, 6.07) is 7.72. The molecule has 0 aromatic heterocycles. The number of carbonyl (C=O) groups is 1. The number of aryl methyl sites for hydroxylation is 1. The molecule has 0 radical (unpaired) electrons. The standard InChI is InChI=1S/C18H27N3O3S/c1-3-4-14-20-18(22)17(8-6-5-7-13-19)21-25(23,24)16-11-9-15(2)10-12-16/h9-12,17,21H,3-8,14H2,1-2H3,(H,20,22). The average Bonchev–Trinajstić information content (AvgIpc) is 2.58. The van der Waals surface area contributed by atoms with Crippen molar-refractivity contribution in [3.05, 3.63) is 29.8 Å². The van der Waals surface area contributed by atoms with Gasteiger partial charge in [-0.3, -0.25) is 4.79 Å². The van der Waals surface area contributed by atoms with Crippen molar-refractivity contribution in [2.45, 2.75) is 63.3 Å². The third-order valence-electron chi connectivity index (χ3n) is 3.81. The van der Waals surface area contributed by atoms with E-state index in [4.69, 9.17) is 5.26 Å². The van der Waals surface area contributed by atoms with Gasteiger partial charge in [0.1, 0.15) is 6.04 Å². The van der Waals surface area contributed by atoms with Gasteiger partial charge < -0.3 is 5.32 Å². The monoisotopic (exact) mass is 365 g/mol. The van der Waals surface area contributed by atoms with E-state index in [1.54, 1.807) is 12.1 Å². The van der Waals surface area contributed by atoms with Crippen LogP contribution in [0.5, 0.6) is 0 Å². The molecule has 0 aliphatic heterocycles. The molecule has 0 heterocycles. The third-order valence-corrected chi connectivity index (χ3v) is 5.29. The summed E-state index contributed by atoms with van der Waals surface area (Å²) in [5.74, 6) is -0.318. The van der Waals surface area contributed by atoms with Crippen molar-refractivity contribution in [2.75, 3.05) is 6.54 Å². The summed E-state index contributed by atoms with van der Waals surface area (Å²) in [6.45, 7) is 4.42. The number of benzene rings is 1. The zero-order valence-corrected chi connectivity index (χ0v) is 15.7. The van der Waals surface area contributed by atoms with E-state index in [-0.39, 0.29) is 10.8 Å². The van der Waals surface area contributed by atoms with E-state index in [1.165, 1.54) is 12.1 Å². The first-order valence-corrected chi connectivity index (χ1v) is 10.1. The molecule has 1 unspecified atom stereocenters. The highest BCUT2D eigenvalue weighted by Crippen LogP contribution is 2.13. The normalized spacial score (nSPS) is 12.4. The Labute approximate surface area is 150 Å². The molecule has 2 N–H and O–H groups in total. The summed E-state index contributed by atoms with van der Waals surface area (Å²) >= 11 is 0. The minimum atomic E-state index is -3.77. The van der Waals surface area contributed by atoms with Crippen LogP contribution in [0.1, 0.15) is 51.0 Å². The predicted octanol–water partition coefficient (Wildman–Crippen LogP) is 2.64. The second-order valence-corrected chi connectivity index (χ2v) is 7.75. The highest BCUT2D eigenvalue weighted by atomic mass is 32.2. The topological polar surface area (TPSA) is 99.1 Å². The van der Waals surface area contributed by atoms with Gasteiger partial charge in [0, 0.05) is 13.0 Å². The molecule has 138 valence electrons. The van der Waals surface area contributed by atoms with E-state index in [0.29, 0.717) is 32.2 Å². The summed E-state index contributed by atoms with van der Waals surface area (Å²) in [7, 11) is -3.77. The number of sulfonamides is 1. The maximum atomic E-state index is 12.5. The van der Waals surface area contributed by atoms with Crippen LogP contribution < -0.4 is 10.0 Å². The molecule has 0 saturated heterocycles. The maximum absolute atomic E-state index is 12.5. The van der Waals surface area contributed by atoms with Gasteiger partial charge in [0.25, 0.3) is 0 Å². The maximum Gasteiger partial charge on any atom is 0.241 e. The molecule has 0 spiro atoms. The number of nitrogens with one attached hydrogen (secondary N) is 2. The minimum Gasteiger partial charge on any atom is -0.355 e. The molecule has 1 amide bonds. The summed E-state index contributed by atoms with van der Waals surface area (Å²) in [4.78, 5) is 12.5. The lowest BCUT2D eigenvalue weighted by Crippen LogP contribution is -2.46. The highest BCUT2D eigenvalue weighted by Gasteiger charge is 2.25. The fraction of sp³-hybridized carbons (Fsp3) is 0.556. The van der Waals surface area contributed by atoms with Crippen LogP contribution >= 0.6 is 0 Å². The smallest absolute Gasteiger partial charge is 0.241 e. The van der Waals surface area contributed by atoms with Gasteiger partial charge in [-0.15, -0.1) is 0 Å². The molecule has 0 aliphatic carbocycles. The van der Waals surface area contributed by atoms with E-state index in [0.717, 1.165) is 18.4 Å². The Kier molecular flexibility index (Phi) is 9.17. The van der Waals surface area contributed by atoms with Crippen molar-refractivity contribution in [2.24, 2.45) is 0 Å². The van der Waals surface area contributed by atoms with Crippen molar-refractivity contribution in [3.8, 4) is 6.07 Å². The second kappa shape index (κ2) is 10.9. The zero-order chi connectivity index (χ0) is 18.7. The highest BCUT2D eigenvalue weighted by molar-refractivity contribution is 7.89. The van der Waals surface area contributed by atoms with Gasteiger partial charge in [-0.05, 0) is 38.3 Å². The number of hydrogen-bond acceptors (Lipinski definition) is 4. The fourth-order valence-corrected chi connectivity index (χ4v) is 3.51. The first kappa shape index (κ1) is 21.1. The molecule has 0 bridgehead atoms. The molecule has 7 heteroatoms. The largest absolute Gasteiger partial charge is 0.355 e. The molecule has 1 atom stereocenters. The molecule has 1 aromatic carbocycles. The predicted molar refractivity (Wildman–Crippen MR) is 97.3 cm³/mol. The van der Waals surface area contributed by atoms with E-state index < -0.39 is 16.1 Å². The van der Waals surface area contributed by atoms with E-state index in [2.05, 4.69) is 16.1 Å². The first-order valence-electron chi connectivity index (χ1n) is 8.64. The van der Waals surface area contributed by atoms with Crippen LogP contribution in [0, 0.1) is 18.3 Å². The van der Waals surface area contributed by atoms with Gasteiger partial charge in [-0.25, -0.2) is 8.42 Å². The molecule has 0 fully saturated rings. The number of amides is 1. The number of nitriles is 1. The second-order valence-electron chi connectivity index (χ2n) is 6.04. The van der Waals surface area contributed by atoms with Crippen LogP contribution in [0.25, 0.3) is 0 Å². The van der Waals surface area contributed by atoms with Crippen molar-refractivity contribution in [1.29, 1.82) is 5.26 Å². The molecular weight excluding hydrogens is 338 g/mol. The van der Waals surface area contributed by atoms with Crippen molar-refractivity contribution in [1.82, 2.24) is 10.0 Å². The fourth-order valence-electron chi connectivity index (χ4n) is 2.28. The van der Waals surface area contributed by atoms with E-state index in [1.807, 2.05) is 13.8 Å². The van der Waals surface area contributed by atoms with Gasteiger partial charge in [-0.1, -0.05) is 37.5 Å². The molecule has 0 saturated carbocycles. The van der Waals surface area contributed by atoms with Crippen LogP contribution in [0.2, 0.25) is 0 Å². The van der Waals surface area contributed by atoms with Gasteiger partial charge in [0.05, 0.1) is 11.0 Å². The third kappa shape index (κ3) is 7.67. The molecular formula is C18H27N3O3S. The Hall–Kier alpha value is -1.91. The molecule has 1 aromatic rings. The Balaban J connectivity index is 2.80. The van der Waals surface area contributed by atoms with Crippen molar-refractivity contribution in [3.63, 3.8) is 0 Å². The van der Waals surface area contributed by atoms with E-state index in [9.17, 15) is 13.2 Å². The van der Waals surface area contributed by atoms with Gasteiger partial charge in [-0.2, -0.15) is 9.98 Å². The van der Waals surface area contributed by atoms with Crippen LogP contribution in [-0.4, -0.2) is 26.9 Å². The lowest BCUT2D eigenvalue weighted by molar-refractivity contribution is -0.122. The molecule has 6 nitrogen and oxygen atoms in total. The Morgan fingerprint density at radius 2 is 1.88 bits per heavy atom. The quantitative estimate of drug-likeness (QED) is 0.589. The number of nitrogens with zero attached hydrogens (tertiary/aromatic N) is 1. The summed E-state index contributed by atoms with van der Waals surface area (Å²) < 4.78 is 27.6. The van der Waals surface area contributed by atoms with Crippen LogP contribution in [0.15, 0.2) is 29.2 Å². The average molecular weight is 365 g/mol. The number of hydrogen-bond donors (Lipinski definition) is 2. The Morgan fingerprint density at radius 1 is 1.20 bits per heavy atom. The molecule has 1 rings (SSSR count). The first-order chi connectivity index (χ1) is 11.9. The van der Waals surface area contributed by atoms with Gasteiger partial charge in [0.15, 0.2) is 0 Å². The Bertz CT molecular complexity index is 679. The van der Waals surface area contributed by atoms with Crippen LogP contribution in [0.4, 0.5) is 0 Å². The lowest BCUT2D eigenvalue weighted by Gasteiger charge is -2.18. The summed E-state index contributed by atoms with van der Waals surface area (Å²) in [5, 5.41) is 11.4. The minimum absolute atomic E-state index is 0.140. The summed E-state index contributed by atoms with van der Waals surface area (Å²) in [5.41, 5.74) is 0.962. The van der Waals surface area contributed by atoms with Crippen LogP contribution in [0.3, 0.4) is 0 Å². The SMILES string of the molecule is CCCCNC(=O)C(CCCCC#N)NS(=O)(=O)c1ccc(C)cc1.